The van der Waals surface area contributed by atoms with Crippen LogP contribution < -0.4 is 5.73 Å². The van der Waals surface area contributed by atoms with E-state index in [0.29, 0.717) is 6.54 Å². The average molecular weight is 306 g/mol. The van der Waals surface area contributed by atoms with Crippen LogP contribution in [0.5, 0.6) is 0 Å². The zero-order valence-electron chi connectivity index (χ0n) is 10.5. The van der Waals surface area contributed by atoms with Crippen LogP contribution in [0.1, 0.15) is 19.7 Å². The quantitative estimate of drug-likeness (QED) is 0.948. The standard InChI is InChI=1S/C14H16BrN3/c1-14(2,9-16)13-17-7-6-12(18-13)10-4-3-5-11(15)8-10/h3-8H,9,16H2,1-2H3. The second-order valence-corrected chi connectivity index (χ2v) is 5.78. The number of nitrogens with two attached hydrogens (primary N) is 1. The van der Waals surface area contributed by atoms with Crippen LogP contribution in [0.4, 0.5) is 0 Å². The fourth-order valence-electron chi connectivity index (χ4n) is 1.58. The molecule has 0 saturated carbocycles. The van der Waals surface area contributed by atoms with Crippen LogP contribution in [-0.2, 0) is 5.41 Å². The summed E-state index contributed by atoms with van der Waals surface area (Å²) in [5.74, 6) is 0.780. The van der Waals surface area contributed by atoms with Crippen molar-refractivity contribution in [1.29, 1.82) is 0 Å². The number of aromatic nitrogens is 2. The van der Waals surface area contributed by atoms with Crippen LogP contribution in [0, 0.1) is 0 Å². The molecule has 0 amide bonds. The van der Waals surface area contributed by atoms with E-state index < -0.39 is 0 Å². The van der Waals surface area contributed by atoms with Crippen molar-refractivity contribution < 1.29 is 0 Å². The summed E-state index contributed by atoms with van der Waals surface area (Å²) in [7, 11) is 0. The highest BCUT2D eigenvalue weighted by Crippen LogP contribution is 2.24. The molecule has 0 spiro atoms. The van der Waals surface area contributed by atoms with E-state index in [1.54, 1.807) is 6.20 Å². The van der Waals surface area contributed by atoms with Crippen molar-refractivity contribution in [3.63, 3.8) is 0 Å². The zero-order chi connectivity index (χ0) is 13.2. The highest BCUT2D eigenvalue weighted by Gasteiger charge is 2.22. The van der Waals surface area contributed by atoms with E-state index in [1.807, 2.05) is 44.2 Å². The van der Waals surface area contributed by atoms with Gasteiger partial charge in [0, 0.05) is 28.2 Å². The molecule has 0 saturated heterocycles. The zero-order valence-corrected chi connectivity index (χ0v) is 12.1. The summed E-state index contributed by atoms with van der Waals surface area (Å²) in [5.41, 5.74) is 7.55. The summed E-state index contributed by atoms with van der Waals surface area (Å²) in [6.07, 6.45) is 1.79. The van der Waals surface area contributed by atoms with Gasteiger partial charge in [-0.1, -0.05) is 41.9 Å². The lowest BCUT2D eigenvalue weighted by molar-refractivity contribution is 0.503. The average Bonchev–Trinajstić information content (AvgIpc) is 2.39. The summed E-state index contributed by atoms with van der Waals surface area (Å²) >= 11 is 3.47. The summed E-state index contributed by atoms with van der Waals surface area (Å²) in [6, 6.07) is 9.98. The number of halogens is 1. The molecule has 0 bridgehead atoms. The number of hydrogen-bond acceptors (Lipinski definition) is 3. The van der Waals surface area contributed by atoms with Crippen LogP contribution in [0.15, 0.2) is 41.0 Å². The minimum Gasteiger partial charge on any atom is -0.329 e. The molecule has 4 heteroatoms. The van der Waals surface area contributed by atoms with Gasteiger partial charge in [0.05, 0.1) is 5.69 Å². The monoisotopic (exact) mass is 305 g/mol. The third-order valence-electron chi connectivity index (χ3n) is 2.89. The van der Waals surface area contributed by atoms with E-state index in [9.17, 15) is 0 Å². The Morgan fingerprint density at radius 3 is 2.72 bits per heavy atom. The molecule has 1 aromatic heterocycles. The second-order valence-electron chi connectivity index (χ2n) is 4.86. The van der Waals surface area contributed by atoms with Crippen molar-refractivity contribution in [3.05, 3.63) is 46.8 Å². The topological polar surface area (TPSA) is 51.8 Å². The van der Waals surface area contributed by atoms with Gasteiger partial charge in [-0.2, -0.15) is 0 Å². The van der Waals surface area contributed by atoms with Crippen molar-refractivity contribution in [2.75, 3.05) is 6.54 Å². The number of nitrogens with zero attached hydrogens (tertiary/aromatic N) is 2. The maximum atomic E-state index is 5.76. The summed E-state index contributed by atoms with van der Waals surface area (Å²) < 4.78 is 1.04. The first-order chi connectivity index (χ1) is 8.53. The molecule has 0 aliphatic rings. The molecule has 0 radical (unpaired) electrons. The van der Waals surface area contributed by atoms with Crippen LogP contribution in [0.3, 0.4) is 0 Å². The molecular weight excluding hydrogens is 290 g/mol. The minimum absolute atomic E-state index is 0.206. The first-order valence-electron chi connectivity index (χ1n) is 5.82. The molecule has 2 aromatic rings. The predicted octanol–water partition coefficient (Wildman–Crippen LogP) is 3.14. The Morgan fingerprint density at radius 2 is 2.06 bits per heavy atom. The third kappa shape index (κ3) is 2.76. The molecular formula is C14H16BrN3. The second kappa shape index (κ2) is 5.16. The molecule has 0 unspecified atom stereocenters. The van der Waals surface area contributed by atoms with Gasteiger partial charge >= 0.3 is 0 Å². The Morgan fingerprint density at radius 1 is 1.28 bits per heavy atom. The maximum absolute atomic E-state index is 5.76. The maximum Gasteiger partial charge on any atom is 0.135 e. The fraction of sp³-hybridized carbons (Fsp3) is 0.286. The Balaban J connectivity index is 2.45. The predicted molar refractivity (Wildman–Crippen MR) is 77.2 cm³/mol. The lowest BCUT2D eigenvalue weighted by atomic mass is 9.92. The van der Waals surface area contributed by atoms with Crippen molar-refractivity contribution in [3.8, 4) is 11.3 Å². The first kappa shape index (κ1) is 13.2. The Hall–Kier alpha value is -1.26. The van der Waals surface area contributed by atoms with E-state index >= 15 is 0 Å². The first-order valence-corrected chi connectivity index (χ1v) is 6.62. The molecule has 0 aliphatic heterocycles. The van der Waals surface area contributed by atoms with E-state index in [0.717, 1.165) is 21.6 Å². The lowest BCUT2D eigenvalue weighted by Gasteiger charge is -2.20. The lowest BCUT2D eigenvalue weighted by Crippen LogP contribution is -2.30. The Bertz CT molecular complexity index is 552. The molecule has 0 fully saturated rings. The van der Waals surface area contributed by atoms with Gasteiger partial charge in [-0.25, -0.2) is 9.97 Å². The molecule has 3 nitrogen and oxygen atoms in total. The summed E-state index contributed by atoms with van der Waals surface area (Å²) in [4.78, 5) is 8.94. The molecule has 1 aromatic carbocycles. The van der Waals surface area contributed by atoms with Crippen molar-refractivity contribution >= 4 is 15.9 Å². The van der Waals surface area contributed by atoms with Crippen molar-refractivity contribution in [2.45, 2.75) is 19.3 Å². The molecule has 0 atom stereocenters. The minimum atomic E-state index is -0.206. The molecule has 18 heavy (non-hydrogen) atoms. The Kier molecular flexibility index (Phi) is 3.78. The smallest absolute Gasteiger partial charge is 0.135 e. The van der Waals surface area contributed by atoms with Crippen molar-refractivity contribution in [2.24, 2.45) is 5.73 Å². The highest BCUT2D eigenvalue weighted by molar-refractivity contribution is 9.10. The van der Waals surface area contributed by atoms with E-state index in [4.69, 9.17) is 5.73 Å². The normalized spacial score (nSPS) is 11.6. The van der Waals surface area contributed by atoms with Gasteiger partial charge in [-0.3, -0.25) is 0 Å². The van der Waals surface area contributed by atoms with Crippen molar-refractivity contribution in [1.82, 2.24) is 9.97 Å². The largest absolute Gasteiger partial charge is 0.329 e. The van der Waals surface area contributed by atoms with Gasteiger partial charge in [-0.05, 0) is 18.2 Å². The summed E-state index contributed by atoms with van der Waals surface area (Å²) in [5, 5.41) is 0. The van der Waals surface area contributed by atoms with Gasteiger partial charge < -0.3 is 5.73 Å². The van der Waals surface area contributed by atoms with Crippen LogP contribution in [0.2, 0.25) is 0 Å². The van der Waals surface area contributed by atoms with Crippen LogP contribution >= 0.6 is 15.9 Å². The fourth-order valence-corrected chi connectivity index (χ4v) is 1.98. The number of rotatable bonds is 3. The highest BCUT2D eigenvalue weighted by atomic mass is 79.9. The molecule has 94 valence electrons. The third-order valence-corrected chi connectivity index (χ3v) is 3.38. The van der Waals surface area contributed by atoms with Gasteiger partial charge in [0.25, 0.3) is 0 Å². The van der Waals surface area contributed by atoms with Gasteiger partial charge in [0.1, 0.15) is 5.82 Å². The van der Waals surface area contributed by atoms with Crippen LogP contribution in [-0.4, -0.2) is 16.5 Å². The number of hydrogen-bond donors (Lipinski definition) is 1. The van der Waals surface area contributed by atoms with Gasteiger partial charge in [0.15, 0.2) is 0 Å². The molecule has 0 aliphatic carbocycles. The van der Waals surface area contributed by atoms with Gasteiger partial charge in [-0.15, -0.1) is 0 Å². The van der Waals surface area contributed by atoms with E-state index in [1.165, 1.54) is 0 Å². The Labute approximate surface area is 116 Å². The van der Waals surface area contributed by atoms with E-state index in [2.05, 4.69) is 25.9 Å². The number of benzene rings is 1. The van der Waals surface area contributed by atoms with Crippen LogP contribution in [0.25, 0.3) is 11.3 Å². The molecule has 1 heterocycles. The molecule has 2 N–H and O–H groups in total. The van der Waals surface area contributed by atoms with Gasteiger partial charge in [0.2, 0.25) is 0 Å². The summed E-state index contributed by atoms with van der Waals surface area (Å²) in [6.45, 7) is 4.62. The van der Waals surface area contributed by atoms with E-state index in [-0.39, 0.29) is 5.41 Å². The molecule has 2 rings (SSSR count). The SMILES string of the molecule is CC(C)(CN)c1nccc(-c2cccc(Br)c2)n1.